The van der Waals surface area contributed by atoms with E-state index in [1.807, 2.05) is 18.3 Å². The number of anilines is 1. The van der Waals surface area contributed by atoms with Gasteiger partial charge in [0.15, 0.2) is 0 Å². The molecule has 14 heavy (non-hydrogen) atoms. The summed E-state index contributed by atoms with van der Waals surface area (Å²) in [6.45, 7) is 0.500. The predicted octanol–water partition coefficient (Wildman–Crippen LogP) is 0.512. The molecule has 0 aliphatic heterocycles. The second-order valence-corrected chi connectivity index (χ2v) is 2.86. The van der Waals surface area contributed by atoms with Gasteiger partial charge in [0.25, 0.3) is 0 Å². The van der Waals surface area contributed by atoms with Crippen molar-refractivity contribution >= 4 is 22.9 Å². The van der Waals surface area contributed by atoms with Gasteiger partial charge in [0.1, 0.15) is 17.8 Å². The quantitative estimate of drug-likeness (QED) is 0.641. The number of nitrogens with one attached hydrogen (secondary N) is 1. The Balaban J connectivity index is 2.61. The van der Waals surface area contributed by atoms with Gasteiger partial charge in [-0.3, -0.25) is 0 Å². The van der Waals surface area contributed by atoms with Gasteiger partial charge in [-0.15, -0.1) is 0 Å². The molecule has 0 amide bonds. The maximum atomic E-state index is 5.74. The number of hydrogen-bond acceptors (Lipinski definition) is 4. The molecule has 72 valence electrons. The van der Waals surface area contributed by atoms with Gasteiger partial charge in [-0.2, -0.15) is 0 Å². The molecule has 2 aromatic rings. The number of hydrogen-bond donors (Lipinski definition) is 3. The fourth-order valence-electron chi connectivity index (χ4n) is 1.34. The van der Waals surface area contributed by atoms with Crippen LogP contribution in [0.25, 0.3) is 17.1 Å². The van der Waals surface area contributed by atoms with Gasteiger partial charge in [0, 0.05) is 18.3 Å². The van der Waals surface area contributed by atoms with Crippen molar-refractivity contribution in [2.45, 2.75) is 0 Å². The van der Waals surface area contributed by atoms with Crippen LogP contribution in [0.1, 0.15) is 5.56 Å². The third kappa shape index (κ3) is 1.33. The maximum Gasteiger partial charge on any atom is 0.143 e. The minimum absolute atomic E-state index is 0.480. The second-order valence-electron chi connectivity index (χ2n) is 2.86. The molecule has 0 unspecified atom stereocenters. The molecule has 0 spiro atoms. The summed E-state index contributed by atoms with van der Waals surface area (Å²) in [6.07, 6.45) is 7.03. The van der Waals surface area contributed by atoms with Crippen LogP contribution in [0.2, 0.25) is 0 Å². The van der Waals surface area contributed by atoms with Gasteiger partial charge in [-0.05, 0) is 0 Å². The number of nitrogens with zero attached hydrogens (tertiary/aromatic N) is 2. The minimum atomic E-state index is 0.480. The van der Waals surface area contributed by atoms with Gasteiger partial charge in [-0.1, -0.05) is 12.2 Å². The predicted molar refractivity (Wildman–Crippen MR) is 56.4 cm³/mol. The van der Waals surface area contributed by atoms with Crippen LogP contribution in [0.5, 0.6) is 0 Å². The second kappa shape index (κ2) is 3.47. The van der Waals surface area contributed by atoms with Crippen molar-refractivity contribution in [1.29, 1.82) is 0 Å². The average molecular weight is 189 g/mol. The topological polar surface area (TPSA) is 93.6 Å². The Labute approximate surface area is 80.8 Å². The molecule has 0 aliphatic rings. The summed E-state index contributed by atoms with van der Waals surface area (Å²) in [5.74, 6) is 0.480. The molecule has 2 aromatic heterocycles. The lowest BCUT2D eigenvalue weighted by molar-refractivity contribution is 1.21. The number of H-pyrrole nitrogens is 1. The Morgan fingerprint density at radius 2 is 2.29 bits per heavy atom. The lowest BCUT2D eigenvalue weighted by atomic mass is 10.2. The molecule has 5 heteroatoms. The first-order valence-corrected chi connectivity index (χ1v) is 4.27. The zero-order chi connectivity index (χ0) is 9.97. The number of nitrogens with two attached hydrogens (primary N) is 2. The van der Waals surface area contributed by atoms with E-state index in [-0.39, 0.29) is 0 Å². The molecule has 0 fully saturated rings. The van der Waals surface area contributed by atoms with Crippen molar-refractivity contribution in [3.05, 3.63) is 24.2 Å². The zero-order valence-electron chi connectivity index (χ0n) is 7.57. The van der Waals surface area contributed by atoms with Crippen molar-refractivity contribution in [1.82, 2.24) is 15.0 Å². The Morgan fingerprint density at radius 1 is 1.43 bits per heavy atom. The number of nitrogen functional groups attached to an aromatic ring is 1. The number of fused-ring (bicyclic) bond motifs is 1. The number of rotatable bonds is 2. The standard InChI is InChI=1S/C9H11N5/c10-3-1-2-6-4-12-9-7(6)8(11)13-5-14-9/h1-2,4-5H,3,10H2,(H3,11,12,13,14). The number of aromatic nitrogens is 3. The summed E-state index contributed by atoms with van der Waals surface area (Å²) in [6, 6.07) is 0. The van der Waals surface area contributed by atoms with Crippen molar-refractivity contribution in [2.24, 2.45) is 5.73 Å². The molecule has 0 aliphatic carbocycles. The molecule has 5 N–H and O–H groups in total. The fraction of sp³-hybridized carbons (Fsp3) is 0.111. The Kier molecular flexibility index (Phi) is 2.16. The molecule has 0 saturated carbocycles. The number of aromatic amines is 1. The normalized spacial score (nSPS) is 11.5. The summed E-state index contributed by atoms with van der Waals surface area (Å²) in [5, 5.41) is 0.845. The molecule has 0 saturated heterocycles. The monoisotopic (exact) mass is 189 g/mol. The van der Waals surface area contributed by atoms with Crippen molar-refractivity contribution in [3.63, 3.8) is 0 Å². The van der Waals surface area contributed by atoms with Gasteiger partial charge >= 0.3 is 0 Å². The first-order valence-electron chi connectivity index (χ1n) is 4.27. The van der Waals surface area contributed by atoms with E-state index < -0.39 is 0 Å². The van der Waals surface area contributed by atoms with Crippen LogP contribution in [0, 0.1) is 0 Å². The zero-order valence-corrected chi connectivity index (χ0v) is 7.57. The first kappa shape index (κ1) is 8.71. The van der Waals surface area contributed by atoms with Crippen molar-refractivity contribution < 1.29 is 0 Å². The summed E-state index contributed by atoms with van der Waals surface area (Å²) in [5.41, 5.74) is 12.8. The Hall–Kier alpha value is -1.88. The van der Waals surface area contributed by atoms with Crippen LogP contribution in [0.4, 0.5) is 5.82 Å². The molecular weight excluding hydrogens is 178 g/mol. The van der Waals surface area contributed by atoms with Crippen LogP contribution >= 0.6 is 0 Å². The SMILES string of the molecule is NCC=Cc1c[nH]c2ncnc(N)c12. The van der Waals surface area contributed by atoms with E-state index in [1.165, 1.54) is 6.33 Å². The molecule has 5 nitrogen and oxygen atoms in total. The van der Waals surface area contributed by atoms with Crippen LogP contribution in [-0.2, 0) is 0 Å². The van der Waals surface area contributed by atoms with Crippen molar-refractivity contribution in [2.75, 3.05) is 12.3 Å². The lowest BCUT2D eigenvalue weighted by Gasteiger charge is -1.94. The Bertz CT molecular complexity index is 471. The minimum Gasteiger partial charge on any atom is -0.383 e. The average Bonchev–Trinajstić information content (AvgIpc) is 2.59. The van der Waals surface area contributed by atoms with Crippen molar-refractivity contribution in [3.8, 4) is 0 Å². The molecule has 2 heterocycles. The van der Waals surface area contributed by atoms with Crippen LogP contribution in [0.3, 0.4) is 0 Å². The van der Waals surface area contributed by atoms with Gasteiger partial charge in [-0.25, -0.2) is 9.97 Å². The van der Waals surface area contributed by atoms with E-state index in [0.717, 1.165) is 16.6 Å². The van der Waals surface area contributed by atoms with E-state index >= 15 is 0 Å². The highest BCUT2D eigenvalue weighted by Crippen LogP contribution is 2.21. The first-order chi connectivity index (χ1) is 6.83. The third-order valence-corrected chi connectivity index (χ3v) is 1.96. The summed E-state index contributed by atoms with van der Waals surface area (Å²) in [4.78, 5) is 11.0. The van der Waals surface area contributed by atoms with Crippen LogP contribution in [-0.4, -0.2) is 21.5 Å². The smallest absolute Gasteiger partial charge is 0.143 e. The maximum absolute atomic E-state index is 5.74. The molecule has 0 radical (unpaired) electrons. The van der Waals surface area contributed by atoms with E-state index in [9.17, 15) is 0 Å². The highest BCUT2D eigenvalue weighted by atomic mass is 15.0. The van der Waals surface area contributed by atoms with E-state index in [0.29, 0.717) is 12.4 Å². The Morgan fingerprint density at radius 3 is 3.07 bits per heavy atom. The summed E-state index contributed by atoms with van der Waals surface area (Å²) in [7, 11) is 0. The largest absolute Gasteiger partial charge is 0.383 e. The van der Waals surface area contributed by atoms with Crippen LogP contribution in [0.15, 0.2) is 18.6 Å². The van der Waals surface area contributed by atoms with Crippen LogP contribution < -0.4 is 11.5 Å². The molecule has 0 bridgehead atoms. The molecule has 0 atom stereocenters. The van der Waals surface area contributed by atoms with Gasteiger partial charge in [0.2, 0.25) is 0 Å². The van der Waals surface area contributed by atoms with Gasteiger partial charge in [0.05, 0.1) is 5.39 Å². The molecule has 2 rings (SSSR count). The molecule has 0 aromatic carbocycles. The van der Waals surface area contributed by atoms with E-state index in [4.69, 9.17) is 11.5 Å². The fourth-order valence-corrected chi connectivity index (χ4v) is 1.34. The third-order valence-electron chi connectivity index (χ3n) is 1.96. The molecular formula is C9H11N5. The summed E-state index contributed by atoms with van der Waals surface area (Å²) >= 11 is 0. The highest BCUT2D eigenvalue weighted by Gasteiger charge is 2.05. The highest BCUT2D eigenvalue weighted by molar-refractivity contribution is 5.93. The van der Waals surface area contributed by atoms with E-state index in [1.54, 1.807) is 0 Å². The summed E-state index contributed by atoms with van der Waals surface area (Å²) < 4.78 is 0. The lowest BCUT2D eigenvalue weighted by Crippen LogP contribution is -1.93. The van der Waals surface area contributed by atoms with Gasteiger partial charge < -0.3 is 16.5 Å². The van der Waals surface area contributed by atoms with E-state index in [2.05, 4.69) is 15.0 Å².